The van der Waals surface area contributed by atoms with E-state index >= 15 is 0 Å². The molecule has 2 aromatic rings. The average molecular weight is 348 g/mol. The maximum absolute atomic E-state index is 13.2. The highest BCUT2D eigenvalue weighted by Gasteiger charge is 2.42. The molecule has 2 aliphatic carbocycles. The van der Waals surface area contributed by atoms with Crippen LogP contribution in [0.25, 0.3) is 5.65 Å². The Hall–Kier alpha value is -2.05. The fraction of sp³-hybridized carbons (Fsp3) is 0.611. The van der Waals surface area contributed by atoms with Crippen molar-refractivity contribution in [2.24, 2.45) is 17.8 Å². The van der Waals surface area contributed by atoms with Crippen molar-refractivity contribution in [3.8, 4) is 0 Å². The first-order chi connectivity index (χ1) is 11.9. The Morgan fingerprint density at radius 3 is 2.80 bits per heavy atom. The lowest BCUT2D eigenvalue weighted by Gasteiger charge is -2.28. The second kappa shape index (κ2) is 6.04. The Morgan fingerprint density at radius 2 is 2.16 bits per heavy atom. The molecular weight excluding hydrogens is 326 g/mol. The molecule has 4 unspecified atom stereocenters. The Bertz CT molecular complexity index is 819. The van der Waals surface area contributed by atoms with Gasteiger partial charge in [-0.3, -0.25) is 4.79 Å². The number of nitrogens with one attached hydrogen (secondary N) is 1. The molecule has 0 spiro atoms. The maximum Gasteiger partial charge on any atom is 0.280 e. The van der Waals surface area contributed by atoms with Crippen LogP contribution in [0, 0.1) is 24.7 Å². The predicted molar refractivity (Wildman–Crippen MR) is 88.5 cm³/mol. The molecule has 25 heavy (non-hydrogen) atoms. The van der Waals surface area contributed by atoms with Crippen LogP contribution in [-0.4, -0.2) is 26.5 Å². The van der Waals surface area contributed by atoms with Crippen LogP contribution in [0.3, 0.4) is 0 Å². The number of aryl methyl sites for hydroxylation is 1. The molecule has 134 valence electrons. The highest BCUT2D eigenvalue weighted by molar-refractivity contribution is 5.99. The third-order valence-corrected chi connectivity index (χ3v) is 5.89. The van der Waals surface area contributed by atoms with Crippen LogP contribution >= 0.6 is 0 Å². The van der Waals surface area contributed by atoms with E-state index in [1.165, 1.54) is 37.9 Å². The lowest BCUT2D eigenvalue weighted by atomic mass is 9.84. The van der Waals surface area contributed by atoms with Gasteiger partial charge in [0, 0.05) is 11.7 Å². The molecule has 2 bridgehead atoms. The molecule has 2 heterocycles. The van der Waals surface area contributed by atoms with Gasteiger partial charge in [-0.25, -0.2) is 18.3 Å². The number of hydrogen-bond acceptors (Lipinski definition) is 3. The van der Waals surface area contributed by atoms with Crippen molar-refractivity contribution in [1.82, 2.24) is 19.9 Å². The third kappa shape index (κ3) is 2.79. The van der Waals surface area contributed by atoms with Gasteiger partial charge < -0.3 is 5.32 Å². The zero-order valence-electron chi connectivity index (χ0n) is 14.4. The van der Waals surface area contributed by atoms with Crippen molar-refractivity contribution in [3.05, 3.63) is 29.2 Å². The van der Waals surface area contributed by atoms with Crippen molar-refractivity contribution >= 4 is 11.6 Å². The number of halogens is 2. The van der Waals surface area contributed by atoms with Gasteiger partial charge in [0.1, 0.15) is 11.3 Å². The molecular formula is C18H22F2N4O. The number of nitrogens with zero attached hydrogens (tertiary/aromatic N) is 3. The van der Waals surface area contributed by atoms with E-state index in [-0.39, 0.29) is 28.9 Å². The summed E-state index contributed by atoms with van der Waals surface area (Å²) in [7, 11) is 0. The maximum atomic E-state index is 13.2. The monoisotopic (exact) mass is 348 g/mol. The average Bonchev–Trinajstić information content (AvgIpc) is 3.28. The number of carbonyl (C=O) groups is 1. The van der Waals surface area contributed by atoms with Crippen LogP contribution in [0.2, 0.25) is 0 Å². The summed E-state index contributed by atoms with van der Waals surface area (Å²) in [6.07, 6.45) is 3.68. The largest absolute Gasteiger partial charge is 0.349 e. The normalized spacial score (nSPS) is 26.5. The summed E-state index contributed by atoms with van der Waals surface area (Å²) in [6.45, 7) is 3.68. The Balaban J connectivity index is 1.58. The molecule has 0 aromatic carbocycles. The fourth-order valence-electron chi connectivity index (χ4n) is 4.73. The molecule has 0 aliphatic heterocycles. The molecule has 1 N–H and O–H groups in total. The smallest absolute Gasteiger partial charge is 0.280 e. The summed E-state index contributed by atoms with van der Waals surface area (Å²) in [4.78, 5) is 16.9. The number of carbonyl (C=O) groups excluding carboxylic acids is 1. The summed E-state index contributed by atoms with van der Waals surface area (Å²) in [6, 6.07) is 1.36. The van der Waals surface area contributed by atoms with E-state index in [9.17, 15) is 13.6 Å². The van der Waals surface area contributed by atoms with Gasteiger partial charge in [-0.1, -0.05) is 6.42 Å². The summed E-state index contributed by atoms with van der Waals surface area (Å²) in [5, 5.41) is 7.01. The Kier molecular flexibility index (Phi) is 3.96. The van der Waals surface area contributed by atoms with E-state index < -0.39 is 6.43 Å². The number of aromatic nitrogens is 3. The van der Waals surface area contributed by atoms with E-state index in [0.717, 1.165) is 10.4 Å². The SMILES string of the molecule is Cc1cc(C(F)F)n2ncc(C(=O)NC(C)C3CC4CCC3C4)c2n1. The highest BCUT2D eigenvalue weighted by Crippen LogP contribution is 2.49. The summed E-state index contributed by atoms with van der Waals surface area (Å²) in [5.74, 6) is 1.73. The van der Waals surface area contributed by atoms with Gasteiger partial charge in [-0.2, -0.15) is 5.10 Å². The van der Waals surface area contributed by atoms with Crippen LogP contribution < -0.4 is 5.32 Å². The molecule has 2 aromatic heterocycles. The molecule has 4 rings (SSSR count). The van der Waals surface area contributed by atoms with Gasteiger partial charge in [0.2, 0.25) is 0 Å². The van der Waals surface area contributed by atoms with E-state index in [4.69, 9.17) is 0 Å². The second-order valence-corrected chi connectivity index (χ2v) is 7.52. The minimum Gasteiger partial charge on any atom is -0.349 e. The quantitative estimate of drug-likeness (QED) is 0.919. The Morgan fingerprint density at radius 1 is 1.36 bits per heavy atom. The molecule has 1 amide bonds. The lowest BCUT2D eigenvalue weighted by molar-refractivity contribution is 0.0916. The van der Waals surface area contributed by atoms with E-state index in [0.29, 0.717) is 17.5 Å². The zero-order valence-corrected chi connectivity index (χ0v) is 14.4. The molecule has 5 nitrogen and oxygen atoms in total. The van der Waals surface area contributed by atoms with Gasteiger partial charge in [0.25, 0.3) is 12.3 Å². The minimum atomic E-state index is -2.67. The van der Waals surface area contributed by atoms with E-state index in [1.807, 2.05) is 6.92 Å². The lowest BCUT2D eigenvalue weighted by Crippen LogP contribution is -2.40. The van der Waals surface area contributed by atoms with Crippen molar-refractivity contribution in [1.29, 1.82) is 0 Å². The Labute approximate surface area is 144 Å². The molecule has 2 fully saturated rings. The topological polar surface area (TPSA) is 59.3 Å². The van der Waals surface area contributed by atoms with Crippen molar-refractivity contribution < 1.29 is 13.6 Å². The van der Waals surface area contributed by atoms with Gasteiger partial charge in [-0.15, -0.1) is 0 Å². The van der Waals surface area contributed by atoms with Crippen LogP contribution in [0.5, 0.6) is 0 Å². The van der Waals surface area contributed by atoms with Crippen LogP contribution in [0.1, 0.15) is 60.8 Å². The second-order valence-electron chi connectivity index (χ2n) is 7.52. The molecule has 7 heteroatoms. The summed E-state index contributed by atoms with van der Waals surface area (Å²) < 4.78 is 27.5. The third-order valence-electron chi connectivity index (χ3n) is 5.89. The van der Waals surface area contributed by atoms with Gasteiger partial charge >= 0.3 is 0 Å². The fourth-order valence-corrected chi connectivity index (χ4v) is 4.73. The number of hydrogen-bond donors (Lipinski definition) is 1. The molecule has 2 saturated carbocycles. The van der Waals surface area contributed by atoms with Gasteiger partial charge in [-0.05, 0) is 56.9 Å². The first kappa shape index (κ1) is 16.4. The summed E-state index contributed by atoms with van der Waals surface area (Å²) in [5.41, 5.74) is 0.634. The van der Waals surface area contributed by atoms with Gasteiger partial charge in [0.05, 0.1) is 6.20 Å². The number of alkyl halides is 2. The standard InChI is InChI=1S/C18H22F2N4O/c1-9-5-15(16(19)20)24-17(22-9)14(8-21-24)18(25)23-10(2)13-7-11-3-4-12(13)6-11/h5,8,10-13,16H,3-4,6-7H2,1-2H3,(H,23,25). The predicted octanol–water partition coefficient (Wildman–Crippen LogP) is 3.53. The minimum absolute atomic E-state index is 0.0668. The van der Waals surface area contributed by atoms with Gasteiger partial charge in [0.15, 0.2) is 5.65 Å². The van der Waals surface area contributed by atoms with Crippen molar-refractivity contribution in [2.45, 2.75) is 52.0 Å². The van der Waals surface area contributed by atoms with E-state index in [1.54, 1.807) is 6.92 Å². The first-order valence-electron chi connectivity index (χ1n) is 8.88. The number of rotatable bonds is 4. The molecule has 0 radical (unpaired) electrons. The van der Waals surface area contributed by atoms with E-state index in [2.05, 4.69) is 15.4 Å². The zero-order chi connectivity index (χ0) is 17.7. The first-order valence-corrected chi connectivity index (χ1v) is 8.88. The van der Waals surface area contributed by atoms with Crippen molar-refractivity contribution in [2.75, 3.05) is 0 Å². The molecule has 4 atom stereocenters. The van der Waals surface area contributed by atoms with Crippen LogP contribution in [-0.2, 0) is 0 Å². The van der Waals surface area contributed by atoms with Crippen molar-refractivity contribution in [3.63, 3.8) is 0 Å². The number of fused-ring (bicyclic) bond motifs is 3. The molecule has 2 aliphatic rings. The van der Waals surface area contributed by atoms with Crippen LogP contribution in [0.4, 0.5) is 8.78 Å². The summed E-state index contributed by atoms with van der Waals surface area (Å²) >= 11 is 0. The molecule has 0 saturated heterocycles. The highest BCUT2D eigenvalue weighted by atomic mass is 19.3. The van der Waals surface area contributed by atoms with Crippen LogP contribution in [0.15, 0.2) is 12.3 Å². The number of amides is 1.